The molecule has 0 fully saturated rings. The minimum atomic E-state index is -0.503. The van der Waals surface area contributed by atoms with Crippen molar-refractivity contribution in [3.63, 3.8) is 0 Å². The Hall–Kier alpha value is -0.580. The summed E-state index contributed by atoms with van der Waals surface area (Å²) >= 11 is 3.41. The molecule has 3 nitrogen and oxygen atoms in total. The maximum absolute atomic E-state index is 9.88. The largest absolute Gasteiger partial charge is 0.496 e. The predicted molar refractivity (Wildman–Crippen MR) is 64.3 cm³/mol. The van der Waals surface area contributed by atoms with Gasteiger partial charge in [0.15, 0.2) is 0 Å². The van der Waals surface area contributed by atoms with Crippen molar-refractivity contribution >= 4 is 15.9 Å². The average Bonchev–Trinajstić information content (AvgIpc) is 2.18. The lowest BCUT2D eigenvalue weighted by Crippen LogP contribution is -2.17. The third-order valence-corrected chi connectivity index (χ3v) is 2.92. The number of methoxy groups -OCH3 is 1. The van der Waals surface area contributed by atoms with Crippen LogP contribution in [0.25, 0.3) is 0 Å². The number of hydrogen-bond acceptors (Lipinski definition) is 3. The number of ether oxygens (including phenoxy) is 1. The van der Waals surface area contributed by atoms with Gasteiger partial charge in [0.25, 0.3) is 0 Å². The van der Waals surface area contributed by atoms with Crippen molar-refractivity contribution in [3.05, 3.63) is 27.7 Å². The summed E-state index contributed by atoms with van der Waals surface area (Å²) in [7, 11) is 3.43. The summed E-state index contributed by atoms with van der Waals surface area (Å²) in [6.07, 6.45) is -0.503. The van der Waals surface area contributed by atoms with Crippen LogP contribution in [0, 0.1) is 6.92 Å². The Bertz CT molecular complexity index is 342. The number of hydrogen-bond donors (Lipinski definition) is 2. The summed E-state index contributed by atoms with van der Waals surface area (Å²) in [5.74, 6) is 0.741. The third kappa shape index (κ3) is 2.93. The zero-order valence-electron chi connectivity index (χ0n) is 9.17. The van der Waals surface area contributed by atoms with Gasteiger partial charge in [-0.3, -0.25) is 0 Å². The topological polar surface area (TPSA) is 41.5 Å². The number of nitrogens with one attached hydrogen (secondary N) is 1. The zero-order valence-corrected chi connectivity index (χ0v) is 10.8. The highest BCUT2D eigenvalue weighted by Crippen LogP contribution is 2.30. The summed E-state index contributed by atoms with van der Waals surface area (Å²) in [6, 6.07) is 3.81. The monoisotopic (exact) mass is 273 g/mol. The first kappa shape index (κ1) is 12.5. The molecule has 0 aromatic heterocycles. The van der Waals surface area contributed by atoms with Gasteiger partial charge in [0.2, 0.25) is 0 Å². The molecule has 1 aromatic rings. The maximum Gasteiger partial charge on any atom is 0.133 e. The van der Waals surface area contributed by atoms with Crippen molar-refractivity contribution in [2.24, 2.45) is 0 Å². The first-order valence-corrected chi connectivity index (χ1v) is 5.56. The molecule has 1 aromatic carbocycles. The lowest BCUT2D eigenvalue weighted by Gasteiger charge is -2.15. The predicted octanol–water partition coefficient (Wildman–Crippen LogP) is 2.02. The van der Waals surface area contributed by atoms with Crippen molar-refractivity contribution in [2.75, 3.05) is 20.7 Å². The zero-order chi connectivity index (χ0) is 11.4. The number of halogens is 1. The molecular formula is C11H16BrNO2. The number of aryl methyl sites for hydroxylation is 1. The Morgan fingerprint density at radius 3 is 2.73 bits per heavy atom. The first-order chi connectivity index (χ1) is 7.10. The van der Waals surface area contributed by atoms with Crippen LogP contribution in [0.4, 0.5) is 0 Å². The third-order valence-electron chi connectivity index (χ3n) is 2.30. The fraction of sp³-hybridized carbons (Fsp3) is 0.455. The maximum atomic E-state index is 9.88. The molecule has 0 spiro atoms. The van der Waals surface area contributed by atoms with Gasteiger partial charge in [0.05, 0.1) is 17.7 Å². The highest BCUT2D eigenvalue weighted by Gasteiger charge is 2.12. The van der Waals surface area contributed by atoms with E-state index in [-0.39, 0.29) is 0 Å². The molecule has 0 aliphatic rings. The van der Waals surface area contributed by atoms with Gasteiger partial charge in [-0.2, -0.15) is 0 Å². The Labute approximate surface area is 98.6 Å². The van der Waals surface area contributed by atoms with Crippen LogP contribution in [0.15, 0.2) is 16.6 Å². The van der Waals surface area contributed by atoms with Gasteiger partial charge in [-0.15, -0.1) is 0 Å². The van der Waals surface area contributed by atoms with E-state index in [9.17, 15) is 5.11 Å². The van der Waals surface area contributed by atoms with E-state index in [0.717, 1.165) is 21.3 Å². The highest BCUT2D eigenvalue weighted by atomic mass is 79.9. The molecule has 0 saturated heterocycles. The first-order valence-electron chi connectivity index (χ1n) is 4.76. The summed E-state index contributed by atoms with van der Waals surface area (Å²) in [6.45, 7) is 2.50. The number of aliphatic hydroxyl groups is 1. The minimum Gasteiger partial charge on any atom is -0.496 e. The van der Waals surface area contributed by atoms with Crippen molar-refractivity contribution in [3.8, 4) is 5.75 Å². The summed E-state index contributed by atoms with van der Waals surface area (Å²) in [4.78, 5) is 0. The van der Waals surface area contributed by atoms with E-state index in [2.05, 4.69) is 21.2 Å². The minimum absolute atomic E-state index is 0.503. The van der Waals surface area contributed by atoms with E-state index in [1.807, 2.05) is 26.1 Å². The summed E-state index contributed by atoms with van der Waals surface area (Å²) in [5, 5.41) is 12.8. The Morgan fingerprint density at radius 1 is 1.53 bits per heavy atom. The molecule has 2 N–H and O–H groups in total. The molecule has 1 atom stereocenters. The van der Waals surface area contributed by atoms with Gasteiger partial charge in [-0.25, -0.2) is 0 Å². The van der Waals surface area contributed by atoms with E-state index in [1.54, 1.807) is 7.11 Å². The molecule has 84 valence electrons. The van der Waals surface area contributed by atoms with Crippen LogP contribution in [-0.4, -0.2) is 25.8 Å². The van der Waals surface area contributed by atoms with Crippen LogP contribution in [0.5, 0.6) is 5.75 Å². The number of likely N-dealkylation sites (N-methyl/N-ethyl adjacent to an activating group) is 1. The lowest BCUT2D eigenvalue weighted by molar-refractivity contribution is 0.176. The summed E-state index contributed by atoms with van der Waals surface area (Å²) < 4.78 is 6.10. The average molecular weight is 274 g/mol. The van der Waals surface area contributed by atoms with Crippen molar-refractivity contribution < 1.29 is 9.84 Å². The van der Waals surface area contributed by atoms with Crippen LogP contribution < -0.4 is 10.1 Å². The second kappa shape index (κ2) is 5.49. The molecular weight excluding hydrogens is 258 g/mol. The summed E-state index contributed by atoms with van der Waals surface area (Å²) in [5.41, 5.74) is 1.94. The van der Waals surface area contributed by atoms with Crippen LogP contribution >= 0.6 is 15.9 Å². The van der Waals surface area contributed by atoms with Gasteiger partial charge in [-0.05, 0) is 53.2 Å². The molecule has 0 saturated carbocycles. The van der Waals surface area contributed by atoms with Crippen molar-refractivity contribution in [1.82, 2.24) is 5.32 Å². The van der Waals surface area contributed by atoms with E-state index >= 15 is 0 Å². The number of aliphatic hydroxyl groups excluding tert-OH is 1. The van der Waals surface area contributed by atoms with Gasteiger partial charge >= 0.3 is 0 Å². The van der Waals surface area contributed by atoms with Crippen LogP contribution in [-0.2, 0) is 0 Å². The second-order valence-corrected chi connectivity index (χ2v) is 4.27. The fourth-order valence-corrected chi connectivity index (χ4v) is 2.11. The molecule has 1 unspecified atom stereocenters. The Balaban J connectivity index is 3.06. The molecule has 0 aliphatic carbocycles. The fourth-order valence-electron chi connectivity index (χ4n) is 1.49. The van der Waals surface area contributed by atoms with Crippen molar-refractivity contribution in [2.45, 2.75) is 13.0 Å². The van der Waals surface area contributed by atoms with E-state index in [0.29, 0.717) is 6.54 Å². The molecule has 0 heterocycles. The van der Waals surface area contributed by atoms with Gasteiger partial charge in [-0.1, -0.05) is 0 Å². The van der Waals surface area contributed by atoms with Gasteiger partial charge < -0.3 is 15.2 Å². The Morgan fingerprint density at radius 2 is 2.20 bits per heavy atom. The Kier molecular flexibility index (Phi) is 4.57. The molecule has 0 radical (unpaired) electrons. The quantitative estimate of drug-likeness (QED) is 0.882. The smallest absolute Gasteiger partial charge is 0.133 e. The lowest BCUT2D eigenvalue weighted by atomic mass is 10.0. The number of benzene rings is 1. The van der Waals surface area contributed by atoms with E-state index in [1.165, 1.54) is 0 Å². The van der Waals surface area contributed by atoms with Gasteiger partial charge in [0.1, 0.15) is 5.75 Å². The molecule has 0 bridgehead atoms. The molecule has 1 rings (SSSR count). The van der Waals surface area contributed by atoms with Crippen LogP contribution in [0.2, 0.25) is 0 Å². The van der Waals surface area contributed by atoms with Crippen molar-refractivity contribution in [1.29, 1.82) is 0 Å². The molecule has 4 heteroatoms. The van der Waals surface area contributed by atoms with Crippen LogP contribution in [0.3, 0.4) is 0 Å². The molecule has 15 heavy (non-hydrogen) atoms. The van der Waals surface area contributed by atoms with E-state index < -0.39 is 6.10 Å². The highest BCUT2D eigenvalue weighted by molar-refractivity contribution is 9.10. The standard InChI is InChI=1S/C11H16BrNO2/c1-7-4-9(12)11(15-3)5-8(7)10(14)6-13-2/h4-5,10,13-14H,6H2,1-3H3. The number of rotatable bonds is 4. The van der Waals surface area contributed by atoms with E-state index in [4.69, 9.17) is 4.74 Å². The van der Waals surface area contributed by atoms with Crippen LogP contribution in [0.1, 0.15) is 17.2 Å². The molecule has 0 aliphatic heterocycles. The SMILES string of the molecule is CNCC(O)c1cc(OC)c(Br)cc1C. The normalized spacial score (nSPS) is 12.6. The second-order valence-electron chi connectivity index (χ2n) is 3.42. The molecule has 0 amide bonds. The van der Waals surface area contributed by atoms with Gasteiger partial charge in [0, 0.05) is 6.54 Å².